The molecule has 0 spiro atoms. The summed E-state index contributed by atoms with van der Waals surface area (Å²) >= 11 is 6.21. The molecule has 8 nitrogen and oxygen atoms in total. The Morgan fingerprint density at radius 2 is 2.04 bits per heavy atom. The van der Waals surface area contributed by atoms with E-state index in [1.165, 1.54) is 0 Å². The minimum absolute atomic E-state index is 0. The molecule has 2 aliphatic rings. The van der Waals surface area contributed by atoms with Crippen molar-refractivity contribution < 1.29 is 4.79 Å². The molecule has 2 fully saturated rings. The molecule has 4 heterocycles. The Kier molecular flexibility index (Phi) is 8.30. The monoisotopic (exact) mass is 447 g/mol. The third-order valence-electron chi connectivity index (χ3n) is 4.99. The molecule has 11 heteroatoms. The van der Waals surface area contributed by atoms with Gasteiger partial charge in [0.25, 0.3) is 5.91 Å². The van der Waals surface area contributed by atoms with E-state index < -0.39 is 0 Å². The van der Waals surface area contributed by atoms with Crippen molar-refractivity contribution in [3.63, 3.8) is 0 Å². The molecular formula is C17H24Cl3N7O. The van der Waals surface area contributed by atoms with Crippen molar-refractivity contribution in [2.45, 2.75) is 31.3 Å². The number of rotatable bonds is 4. The molecule has 2 saturated heterocycles. The molecule has 0 aromatic carbocycles. The number of halogens is 3. The van der Waals surface area contributed by atoms with Crippen LogP contribution in [0, 0.1) is 0 Å². The van der Waals surface area contributed by atoms with Gasteiger partial charge in [0, 0.05) is 25.3 Å². The second-order valence-corrected chi connectivity index (χ2v) is 7.19. The number of piperidine rings is 1. The fraction of sp³-hybridized carbons (Fsp3) is 0.529. The highest BCUT2D eigenvalue weighted by Crippen LogP contribution is 2.26. The first-order valence-electron chi connectivity index (χ1n) is 8.99. The summed E-state index contributed by atoms with van der Waals surface area (Å²) in [5.41, 5.74) is 0.373. The molecule has 2 aromatic rings. The SMILES string of the molecule is Cl.Cl.O=C(NC1CCN(c2ncccc2Cl)C1)c1cn(C2CCNCC2)nn1. The highest BCUT2D eigenvalue weighted by molar-refractivity contribution is 6.32. The highest BCUT2D eigenvalue weighted by atomic mass is 35.5. The Labute approximate surface area is 181 Å². The number of carbonyl (C=O) groups is 1. The summed E-state index contributed by atoms with van der Waals surface area (Å²) in [5, 5.41) is 15.2. The molecule has 2 N–H and O–H groups in total. The lowest BCUT2D eigenvalue weighted by Crippen LogP contribution is -2.37. The zero-order chi connectivity index (χ0) is 17.9. The van der Waals surface area contributed by atoms with Gasteiger partial charge in [0.05, 0.1) is 17.3 Å². The molecular weight excluding hydrogens is 425 g/mol. The summed E-state index contributed by atoms with van der Waals surface area (Å²) in [6.07, 6.45) is 6.35. The van der Waals surface area contributed by atoms with Gasteiger partial charge in [0.2, 0.25) is 0 Å². The van der Waals surface area contributed by atoms with E-state index in [0.29, 0.717) is 23.3 Å². The number of carbonyl (C=O) groups excluding carboxylic acids is 1. The molecule has 2 aromatic heterocycles. The number of hydrogen-bond donors (Lipinski definition) is 2. The van der Waals surface area contributed by atoms with Crippen LogP contribution in [0.25, 0.3) is 0 Å². The summed E-state index contributed by atoms with van der Waals surface area (Å²) in [5.74, 6) is 0.590. The molecule has 2 aliphatic heterocycles. The number of nitrogens with zero attached hydrogens (tertiary/aromatic N) is 5. The van der Waals surface area contributed by atoms with Crippen molar-refractivity contribution in [2.24, 2.45) is 0 Å². The van der Waals surface area contributed by atoms with Gasteiger partial charge in [-0.3, -0.25) is 4.79 Å². The molecule has 0 aliphatic carbocycles. The van der Waals surface area contributed by atoms with Crippen LogP contribution in [0.1, 0.15) is 35.8 Å². The second kappa shape index (κ2) is 10.2. The molecule has 1 unspecified atom stereocenters. The van der Waals surface area contributed by atoms with Crippen molar-refractivity contribution in [2.75, 3.05) is 31.1 Å². The third-order valence-corrected chi connectivity index (χ3v) is 5.28. The summed E-state index contributed by atoms with van der Waals surface area (Å²) < 4.78 is 1.82. The molecule has 154 valence electrons. The first-order chi connectivity index (χ1) is 12.7. The third kappa shape index (κ3) is 5.05. The molecule has 1 atom stereocenters. The Bertz CT molecular complexity index is 782. The van der Waals surface area contributed by atoms with E-state index >= 15 is 0 Å². The van der Waals surface area contributed by atoms with Crippen LogP contribution < -0.4 is 15.5 Å². The minimum atomic E-state index is -0.177. The van der Waals surface area contributed by atoms with E-state index in [2.05, 4.69) is 30.8 Å². The normalized spacial score (nSPS) is 19.6. The van der Waals surface area contributed by atoms with Crippen molar-refractivity contribution in [3.8, 4) is 0 Å². The predicted octanol–water partition coefficient (Wildman–Crippen LogP) is 2.10. The van der Waals surface area contributed by atoms with Gasteiger partial charge in [0.1, 0.15) is 5.82 Å². The van der Waals surface area contributed by atoms with Crippen LogP contribution in [-0.4, -0.2) is 58.1 Å². The predicted molar refractivity (Wildman–Crippen MR) is 113 cm³/mol. The van der Waals surface area contributed by atoms with Gasteiger partial charge in [-0.1, -0.05) is 16.8 Å². The van der Waals surface area contributed by atoms with Crippen LogP contribution in [0.2, 0.25) is 5.02 Å². The van der Waals surface area contributed by atoms with Crippen LogP contribution >= 0.6 is 36.4 Å². The number of pyridine rings is 1. The van der Waals surface area contributed by atoms with Gasteiger partial charge in [-0.15, -0.1) is 29.9 Å². The quantitative estimate of drug-likeness (QED) is 0.745. The van der Waals surface area contributed by atoms with Gasteiger partial charge in [0.15, 0.2) is 5.69 Å². The largest absolute Gasteiger partial charge is 0.353 e. The van der Waals surface area contributed by atoms with Gasteiger partial charge in [-0.25, -0.2) is 9.67 Å². The standard InChI is InChI=1S/C17H22ClN7O.2ClH/c18-14-2-1-6-20-16(14)24-9-5-12(10-24)21-17(26)15-11-25(23-22-15)13-3-7-19-8-4-13;;/h1-2,6,11-13,19H,3-5,7-10H2,(H,21,26);2*1H. The zero-order valence-electron chi connectivity index (χ0n) is 15.3. The smallest absolute Gasteiger partial charge is 0.273 e. The number of amides is 1. The first kappa shape index (κ1) is 22.7. The second-order valence-electron chi connectivity index (χ2n) is 6.78. The van der Waals surface area contributed by atoms with Gasteiger partial charge < -0.3 is 15.5 Å². The van der Waals surface area contributed by atoms with E-state index in [1.54, 1.807) is 12.4 Å². The number of aromatic nitrogens is 4. The average Bonchev–Trinajstić information content (AvgIpc) is 3.33. The van der Waals surface area contributed by atoms with Gasteiger partial charge in [-0.05, 0) is 44.5 Å². The van der Waals surface area contributed by atoms with E-state index in [9.17, 15) is 4.79 Å². The Hall–Kier alpha value is -1.61. The molecule has 0 radical (unpaired) electrons. The lowest BCUT2D eigenvalue weighted by molar-refractivity contribution is 0.0935. The number of anilines is 1. The topological polar surface area (TPSA) is 88.0 Å². The molecule has 1 amide bonds. The summed E-state index contributed by atoms with van der Waals surface area (Å²) in [4.78, 5) is 18.9. The molecule has 0 saturated carbocycles. The number of nitrogens with one attached hydrogen (secondary N) is 2. The fourth-order valence-electron chi connectivity index (χ4n) is 3.57. The fourth-order valence-corrected chi connectivity index (χ4v) is 3.81. The first-order valence-corrected chi connectivity index (χ1v) is 9.37. The Balaban J connectivity index is 0.00000140. The summed E-state index contributed by atoms with van der Waals surface area (Å²) in [6, 6.07) is 4.00. The maximum atomic E-state index is 12.5. The maximum Gasteiger partial charge on any atom is 0.273 e. The molecule has 0 bridgehead atoms. The average molecular weight is 449 g/mol. The van der Waals surface area contributed by atoms with E-state index in [1.807, 2.05) is 16.8 Å². The van der Waals surface area contributed by atoms with Crippen LogP contribution in [0.4, 0.5) is 5.82 Å². The summed E-state index contributed by atoms with van der Waals surface area (Å²) in [7, 11) is 0. The van der Waals surface area contributed by atoms with Crippen molar-refractivity contribution in [1.29, 1.82) is 0 Å². The van der Waals surface area contributed by atoms with Crippen LogP contribution in [-0.2, 0) is 0 Å². The van der Waals surface area contributed by atoms with E-state index in [0.717, 1.165) is 44.7 Å². The number of hydrogen-bond acceptors (Lipinski definition) is 6. The minimum Gasteiger partial charge on any atom is -0.353 e. The van der Waals surface area contributed by atoms with Crippen molar-refractivity contribution in [3.05, 3.63) is 35.2 Å². The summed E-state index contributed by atoms with van der Waals surface area (Å²) in [6.45, 7) is 3.44. The maximum absolute atomic E-state index is 12.5. The lowest BCUT2D eigenvalue weighted by Gasteiger charge is -2.22. The van der Waals surface area contributed by atoms with Gasteiger partial charge in [-0.2, -0.15) is 0 Å². The molecule has 4 rings (SSSR count). The molecule has 28 heavy (non-hydrogen) atoms. The lowest BCUT2D eigenvalue weighted by atomic mass is 10.1. The highest BCUT2D eigenvalue weighted by Gasteiger charge is 2.27. The zero-order valence-corrected chi connectivity index (χ0v) is 17.6. The van der Waals surface area contributed by atoms with Crippen LogP contribution in [0.15, 0.2) is 24.5 Å². The Morgan fingerprint density at radius 1 is 1.25 bits per heavy atom. The Morgan fingerprint density at radius 3 is 2.79 bits per heavy atom. The van der Waals surface area contributed by atoms with Crippen molar-refractivity contribution in [1.82, 2.24) is 30.6 Å². The van der Waals surface area contributed by atoms with E-state index in [-0.39, 0.29) is 36.8 Å². The van der Waals surface area contributed by atoms with Crippen LogP contribution in [0.5, 0.6) is 0 Å². The van der Waals surface area contributed by atoms with E-state index in [4.69, 9.17) is 11.6 Å². The van der Waals surface area contributed by atoms with Gasteiger partial charge >= 0.3 is 0 Å². The van der Waals surface area contributed by atoms with Crippen molar-refractivity contribution >= 4 is 48.1 Å². The van der Waals surface area contributed by atoms with Crippen LogP contribution in [0.3, 0.4) is 0 Å².